The van der Waals surface area contributed by atoms with Crippen molar-refractivity contribution in [2.45, 2.75) is 39.4 Å². The number of hydrogen-bond acceptors (Lipinski definition) is 3. The molecule has 1 N–H and O–H groups in total. The molecule has 2 aromatic carbocycles. The van der Waals surface area contributed by atoms with E-state index in [0.717, 1.165) is 0 Å². The van der Waals surface area contributed by atoms with Gasteiger partial charge in [0.2, 0.25) is 5.91 Å². The molecule has 2 aromatic rings. The molecule has 2 rings (SSSR count). The van der Waals surface area contributed by atoms with Gasteiger partial charge in [0.15, 0.2) is 6.61 Å². The first-order chi connectivity index (χ1) is 13.7. The van der Waals surface area contributed by atoms with Gasteiger partial charge < -0.3 is 15.0 Å². The van der Waals surface area contributed by atoms with Crippen LogP contribution < -0.4 is 10.1 Å². The molecule has 0 heterocycles. The Labute approximate surface area is 179 Å². The molecule has 0 aliphatic carbocycles. The van der Waals surface area contributed by atoms with Crippen molar-refractivity contribution in [1.82, 2.24) is 10.2 Å². The van der Waals surface area contributed by atoms with Crippen LogP contribution in [0.25, 0.3) is 0 Å². The summed E-state index contributed by atoms with van der Waals surface area (Å²) in [7, 11) is 0. The molecule has 0 spiro atoms. The van der Waals surface area contributed by atoms with Gasteiger partial charge in [-0.1, -0.05) is 35.3 Å². The van der Waals surface area contributed by atoms with Crippen LogP contribution in [-0.4, -0.2) is 35.4 Å². The van der Waals surface area contributed by atoms with Crippen molar-refractivity contribution < 1.29 is 18.7 Å². The molecule has 0 bridgehead atoms. The van der Waals surface area contributed by atoms with Crippen molar-refractivity contribution in [3.8, 4) is 5.75 Å². The first-order valence-corrected chi connectivity index (χ1v) is 9.85. The summed E-state index contributed by atoms with van der Waals surface area (Å²) in [4.78, 5) is 26.7. The number of carbonyl (C=O) groups is 2. The minimum Gasteiger partial charge on any atom is -0.482 e. The molecular formula is C21H23Cl2FN2O3. The number of halogens is 3. The quantitative estimate of drug-likeness (QED) is 0.659. The second-order valence-corrected chi connectivity index (χ2v) is 7.69. The van der Waals surface area contributed by atoms with Crippen LogP contribution in [0.2, 0.25) is 10.0 Å². The third-order valence-electron chi connectivity index (χ3n) is 4.11. The van der Waals surface area contributed by atoms with Crippen molar-refractivity contribution in [3.63, 3.8) is 0 Å². The van der Waals surface area contributed by atoms with Crippen LogP contribution in [0.3, 0.4) is 0 Å². The molecule has 0 radical (unpaired) electrons. The number of nitrogens with zero attached hydrogens (tertiary/aromatic N) is 1. The zero-order valence-electron chi connectivity index (χ0n) is 16.4. The lowest BCUT2D eigenvalue weighted by Gasteiger charge is -2.29. The standard InChI is InChI=1S/C21H23Cl2FN2O3/c1-13(2)25-21(28)14(3)26(11-15-4-7-17(24)8-5-15)20(27)12-29-19-9-6-16(22)10-18(19)23/h4-10,13-14H,11-12H2,1-3H3,(H,25,28)/t14-/m1/s1. The van der Waals surface area contributed by atoms with E-state index in [1.165, 1.54) is 23.1 Å². The molecule has 0 unspecified atom stereocenters. The van der Waals surface area contributed by atoms with E-state index in [0.29, 0.717) is 16.3 Å². The Hall–Kier alpha value is -2.31. The summed E-state index contributed by atoms with van der Waals surface area (Å²) in [5.74, 6) is -0.768. The summed E-state index contributed by atoms with van der Waals surface area (Å²) in [6, 6.07) is 9.61. The Kier molecular flexibility index (Phi) is 8.29. The normalized spacial score (nSPS) is 11.8. The van der Waals surface area contributed by atoms with Gasteiger partial charge in [0.25, 0.3) is 5.91 Å². The minimum absolute atomic E-state index is 0.0724. The Morgan fingerprint density at radius 2 is 1.76 bits per heavy atom. The zero-order valence-corrected chi connectivity index (χ0v) is 17.9. The Morgan fingerprint density at radius 3 is 2.34 bits per heavy atom. The van der Waals surface area contributed by atoms with Crippen LogP contribution in [0.4, 0.5) is 4.39 Å². The van der Waals surface area contributed by atoms with Crippen molar-refractivity contribution >= 4 is 35.0 Å². The molecule has 0 saturated heterocycles. The number of hydrogen-bond donors (Lipinski definition) is 1. The van der Waals surface area contributed by atoms with E-state index in [1.807, 2.05) is 13.8 Å². The van der Waals surface area contributed by atoms with Gasteiger partial charge in [-0.25, -0.2) is 4.39 Å². The maximum atomic E-state index is 13.2. The third-order valence-corrected chi connectivity index (χ3v) is 4.64. The van der Waals surface area contributed by atoms with Gasteiger partial charge in [-0.05, 0) is 56.7 Å². The Morgan fingerprint density at radius 1 is 1.10 bits per heavy atom. The smallest absolute Gasteiger partial charge is 0.261 e. The van der Waals surface area contributed by atoms with Crippen LogP contribution in [0.1, 0.15) is 26.3 Å². The van der Waals surface area contributed by atoms with E-state index in [9.17, 15) is 14.0 Å². The highest BCUT2D eigenvalue weighted by molar-refractivity contribution is 6.35. The average Bonchev–Trinajstić information content (AvgIpc) is 2.65. The number of benzene rings is 2. The number of nitrogens with one attached hydrogen (secondary N) is 1. The van der Waals surface area contributed by atoms with E-state index < -0.39 is 11.9 Å². The van der Waals surface area contributed by atoms with E-state index >= 15 is 0 Å². The highest BCUT2D eigenvalue weighted by Crippen LogP contribution is 2.27. The fourth-order valence-electron chi connectivity index (χ4n) is 2.59. The number of carbonyl (C=O) groups excluding carboxylic acids is 2. The van der Waals surface area contributed by atoms with Crippen molar-refractivity contribution in [2.24, 2.45) is 0 Å². The van der Waals surface area contributed by atoms with Crippen molar-refractivity contribution in [2.75, 3.05) is 6.61 Å². The zero-order chi connectivity index (χ0) is 21.6. The van der Waals surface area contributed by atoms with E-state index in [1.54, 1.807) is 31.2 Å². The van der Waals surface area contributed by atoms with Gasteiger partial charge in [-0.2, -0.15) is 0 Å². The molecule has 5 nitrogen and oxygen atoms in total. The number of ether oxygens (including phenoxy) is 1. The SMILES string of the molecule is CC(C)NC(=O)[C@@H](C)N(Cc1ccc(F)cc1)C(=O)COc1ccc(Cl)cc1Cl. The molecule has 156 valence electrons. The van der Waals surface area contributed by atoms with Gasteiger partial charge in [0, 0.05) is 17.6 Å². The van der Waals surface area contributed by atoms with Gasteiger partial charge in [0.1, 0.15) is 17.6 Å². The summed E-state index contributed by atoms with van der Waals surface area (Å²) in [5.41, 5.74) is 0.688. The molecule has 8 heteroatoms. The maximum Gasteiger partial charge on any atom is 0.261 e. The predicted molar refractivity (Wildman–Crippen MR) is 112 cm³/mol. The molecule has 1 atom stereocenters. The van der Waals surface area contributed by atoms with E-state index in [-0.39, 0.29) is 35.9 Å². The first-order valence-electron chi connectivity index (χ1n) is 9.09. The van der Waals surface area contributed by atoms with Crippen molar-refractivity contribution in [3.05, 3.63) is 63.9 Å². The highest BCUT2D eigenvalue weighted by Gasteiger charge is 2.27. The summed E-state index contributed by atoms with van der Waals surface area (Å²) in [6.45, 7) is 5.12. The molecule has 0 fully saturated rings. The highest BCUT2D eigenvalue weighted by atomic mass is 35.5. The maximum absolute atomic E-state index is 13.2. The summed E-state index contributed by atoms with van der Waals surface area (Å²) >= 11 is 11.9. The van der Waals surface area contributed by atoms with Crippen molar-refractivity contribution in [1.29, 1.82) is 0 Å². The van der Waals surface area contributed by atoms with Crippen LogP contribution in [0.5, 0.6) is 5.75 Å². The van der Waals surface area contributed by atoms with Gasteiger partial charge >= 0.3 is 0 Å². The lowest BCUT2D eigenvalue weighted by atomic mass is 10.1. The summed E-state index contributed by atoms with van der Waals surface area (Å²) < 4.78 is 18.7. The van der Waals surface area contributed by atoms with Crippen LogP contribution >= 0.6 is 23.2 Å². The molecular weight excluding hydrogens is 418 g/mol. The van der Waals surface area contributed by atoms with Crippen LogP contribution in [0, 0.1) is 5.82 Å². The average molecular weight is 441 g/mol. The summed E-state index contributed by atoms with van der Waals surface area (Å²) in [5, 5.41) is 3.52. The van der Waals surface area contributed by atoms with Gasteiger partial charge in [-0.15, -0.1) is 0 Å². The lowest BCUT2D eigenvalue weighted by Crippen LogP contribution is -2.50. The monoisotopic (exact) mass is 440 g/mol. The molecule has 0 aliphatic heterocycles. The van der Waals surface area contributed by atoms with Crippen LogP contribution in [0.15, 0.2) is 42.5 Å². The van der Waals surface area contributed by atoms with Gasteiger partial charge in [-0.3, -0.25) is 9.59 Å². The Balaban J connectivity index is 2.16. The second-order valence-electron chi connectivity index (χ2n) is 6.85. The van der Waals surface area contributed by atoms with Crippen LogP contribution in [-0.2, 0) is 16.1 Å². The topological polar surface area (TPSA) is 58.6 Å². The predicted octanol–water partition coefficient (Wildman–Crippen LogP) is 4.45. The van der Waals surface area contributed by atoms with Gasteiger partial charge in [0.05, 0.1) is 5.02 Å². The minimum atomic E-state index is -0.751. The largest absolute Gasteiger partial charge is 0.482 e. The Bertz CT molecular complexity index is 860. The fourth-order valence-corrected chi connectivity index (χ4v) is 3.05. The molecule has 2 amide bonds. The summed E-state index contributed by atoms with van der Waals surface area (Å²) in [6.07, 6.45) is 0. The molecule has 0 saturated carbocycles. The molecule has 0 aliphatic rings. The number of amides is 2. The second kappa shape index (κ2) is 10.5. The fraction of sp³-hybridized carbons (Fsp3) is 0.333. The first kappa shape index (κ1) is 23.0. The third kappa shape index (κ3) is 6.91. The van der Waals surface area contributed by atoms with E-state index in [4.69, 9.17) is 27.9 Å². The lowest BCUT2D eigenvalue weighted by molar-refractivity contribution is -0.142. The molecule has 29 heavy (non-hydrogen) atoms. The number of rotatable bonds is 8. The molecule has 0 aromatic heterocycles. The van der Waals surface area contributed by atoms with E-state index in [2.05, 4.69) is 5.32 Å².